The van der Waals surface area contributed by atoms with Crippen molar-refractivity contribution in [1.29, 1.82) is 5.41 Å². The minimum absolute atomic E-state index is 0.121. The van der Waals surface area contributed by atoms with E-state index >= 15 is 0 Å². The van der Waals surface area contributed by atoms with Crippen LogP contribution in [0.3, 0.4) is 0 Å². The number of aromatic nitrogens is 1. The third-order valence-electron chi connectivity index (χ3n) is 5.47. The summed E-state index contributed by atoms with van der Waals surface area (Å²) in [6.07, 6.45) is -3.19. The molecule has 166 valence electrons. The van der Waals surface area contributed by atoms with E-state index < -0.39 is 23.0 Å². The van der Waals surface area contributed by atoms with Gasteiger partial charge in [-0.1, -0.05) is 36.4 Å². The average molecular weight is 467 g/mol. The van der Waals surface area contributed by atoms with Crippen molar-refractivity contribution in [1.82, 2.24) is 9.58 Å². The largest absolute Gasteiger partial charge is 0.441 e. The number of hydrazone groups is 1. The van der Waals surface area contributed by atoms with Gasteiger partial charge in [-0.2, -0.15) is 28.3 Å². The van der Waals surface area contributed by atoms with Crippen molar-refractivity contribution in [3.63, 3.8) is 0 Å². The number of aryl methyl sites for hydroxylation is 1. The van der Waals surface area contributed by atoms with Crippen molar-refractivity contribution >= 4 is 50.6 Å². The lowest BCUT2D eigenvalue weighted by molar-refractivity contribution is -0.114. The fourth-order valence-corrected chi connectivity index (χ4v) is 4.73. The van der Waals surface area contributed by atoms with Gasteiger partial charge in [0.2, 0.25) is 10.2 Å². The Bertz CT molecular complexity index is 1440. The lowest BCUT2D eigenvalue weighted by Crippen LogP contribution is -2.35. The fourth-order valence-electron chi connectivity index (χ4n) is 3.97. The highest BCUT2D eigenvalue weighted by Crippen LogP contribution is 2.36. The minimum Gasteiger partial charge on any atom is -0.317 e. The summed E-state index contributed by atoms with van der Waals surface area (Å²) in [5, 5.41) is 13.2. The maximum Gasteiger partial charge on any atom is 0.441 e. The number of nitrogens with zero attached hydrogens (tertiary/aromatic N) is 4. The highest BCUT2D eigenvalue weighted by Gasteiger charge is 2.46. The molecule has 2 aliphatic heterocycles. The Hall–Kier alpha value is -3.66. The number of nitrogens with one attached hydrogen (secondary N) is 1. The zero-order chi connectivity index (χ0) is 23.5. The molecule has 3 aromatic rings. The Labute approximate surface area is 190 Å². The summed E-state index contributed by atoms with van der Waals surface area (Å²) in [6, 6.07) is 15.8. The number of amidine groups is 2. The van der Waals surface area contributed by atoms with Crippen LogP contribution >= 0.6 is 11.8 Å². The van der Waals surface area contributed by atoms with E-state index in [2.05, 4.69) is 10.1 Å². The molecule has 6 nitrogen and oxygen atoms in total. The average Bonchev–Trinajstić information content (AvgIpc) is 3.32. The van der Waals surface area contributed by atoms with Gasteiger partial charge in [0.25, 0.3) is 5.91 Å². The lowest BCUT2D eigenvalue weighted by atomic mass is 10.1. The van der Waals surface area contributed by atoms with Gasteiger partial charge in [-0.3, -0.25) is 10.2 Å². The Balaban J connectivity index is 1.58. The lowest BCUT2D eigenvalue weighted by Gasteiger charge is -2.20. The van der Waals surface area contributed by atoms with Crippen molar-refractivity contribution in [3.8, 4) is 5.69 Å². The molecular weight excluding hydrogens is 451 g/mol. The number of carbonyl (C=O) groups excluding carboxylic acids is 1. The molecule has 2 aliphatic rings. The van der Waals surface area contributed by atoms with E-state index in [-0.39, 0.29) is 22.5 Å². The van der Waals surface area contributed by atoms with Crippen LogP contribution in [-0.4, -0.2) is 37.7 Å². The van der Waals surface area contributed by atoms with Crippen molar-refractivity contribution < 1.29 is 18.0 Å². The molecule has 2 aromatic carbocycles. The smallest absolute Gasteiger partial charge is 0.317 e. The van der Waals surface area contributed by atoms with Gasteiger partial charge >= 0.3 is 6.18 Å². The topological polar surface area (TPSA) is 73.8 Å². The molecule has 1 N–H and O–H groups in total. The third kappa shape index (κ3) is 3.46. The van der Waals surface area contributed by atoms with Crippen LogP contribution in [0.25, 0.3) is 22.5 Å². The molecule has 1 amide bonds. The first-order valence-electron chi connectivity index (χ1n) is 9.89. The molecule has 0 saturated heterocycles. The van der Waals surface area contributed by atoms with Crippen LogP contribution in [0, 0.1) is 19.3 Å². The van der Waals surface area contributed by atoms with Crippen molar-refractivity contribution in [2.45, 2.75) is 20.0 Å². The molecule has 3 heterocycles. The van der Waals surface area contributed by atoms with Gasteiger partial charge in [-0.15, -0.1) is 0 Å². The molecule has 5 rings (SSSR count). The van der Waals surface area contributed by atoms with E-state index in [1.807, 2.05) is 66.9 Å². The number of hydrogen-bond donors (Lipinski definition) is 1. The van der Waals surface area contributed by atoms with Gasteiger partial charge in [0, 0.05) is 16.8 Å². The molecule has 0 radical (unpaired) electrons. The van der Waals surface area contributed by atoms with Crippen LogP contribution in [0.1, 0.15) is 17.0 Å². The summed E-state index contributed by atoms with van der Waals surface area (Å²) in [6.45, 7) is 3.82. The molecule has 1 aromatic heterocycles. The predicted octanol–water partition coefficient (Wildman–Crippen LogP) is 5.43. The molecule has 10 heteroatoms. The van der Waals surface area contributed by atoms with Gasteiger partial charge in [0.15, 0.2) is 5.84 Å². The number of rotatable bonds is 2. The van der Waals surface area contributed by atoms with Gasteiger partial charge in [0.05, 0.1) is 11.3 Å². The zero-order valence-electron chi connectivity index (χ0n) is 17.4. The standard InChI is InChI=1S/C23H16F3N5OS/c1-12-10-15(13(2)30(12)18-9-5-7-14-6-3-4-8-16(14)18)11-17-19(27)31-22(28-20(17)32)33-21(29-31)23(24,25)26/h3-11,27H,1-2H3/b17-11-,27-19?. The minimum atomic E-state index is -4.68. The second-order valence-electron chi connectivity index (χ2n) is 7.58. The Kier molecular flexibility index (Phi) is 4.78. The molecule has 0 fully saturated rings. The Morgan fingerprint density at radius 2 is 1.82 bits per heavy atom. The van der Waals surface area contributed by atoms with Crippen LogP contribution in [0.2, 0.25) is 0 Å². The summed E-state index contributed by atoms with van der Waals surface area (Å²) < 4.78 is 41.2. The van der Waals surface area contributed by atoms with Gasteiger partial charge in [-0.05, 0) is 54.8 Å². The fraction of sp³-hybridized carbons (Fsp3) is 0.130. The monoisotopic (exact) mass is 467 g/mol. The molecule has 33 heavy (non-hydrogen) atoms. The summed E-state index contributed by atoms with van der Waals surface area (Å²) >= 11 is 0.233. The molecule has 0 bridgehead atoms. The summed E-state index contributed by atoms with van der Waals surface area (Å²) in [4.78, 5) is 16.3. The van der Waals surface area contributed by atoms with Gasteiger partial charge in [-0.25, -0.2) is 0 Å². The number of amides is 1. The maximum absolute atomic E-state index is 13.0. The number of fused-ring (bicyclic) bond motifs is 2. The summed E-state index contributed by atoms with van der Waals surface area (Å²) in [7, 11) is 0. The summed E-state index contributed by atoms with van der Waals surface area (Å²) in [5.41, 5.74) is 3.24. The Morgan fingerprint density at radius 1 is 1.09 bits per heavy atom. The number of aliphatic imine (C=N–C) groups is 1. The number of hydrogen-bond acceptors (Lipinski definition) is 4. The van der Waals surface area contributed by atoms with Crippen LogP contribution < -0.4 is 0 Å². The van der Waals surface area contributed by atoms with Crippen LogP contribution in [-0.2, 0) is 4.79 Å². The second kappa shape index (κ2) is 7.45. The number of alkyl halides is 3. The second-order valence-corrected chi connectivity index (χ2v) is 8.54. The van der Waals surface area contributed by atoms with E-state index in [0.29, 0.717) is 5.56 Å². The SMILES string of the molecule is Cc1cc(/C=C2/C(=N)N3N=C(C(F)(F)F)SC3=NC2=O)c(C)n1-c1cccc2ccccc12. The molecule has 0 aliphatic carbocycles. The molecule has 0 spiro atoms. The molecule has 0 saturated carbocycles. The van der Waals surface area contributed by atoms with Crippen LogP contribution in [0.5, 0.6) is 0 Å². The maximum atomic E-state index is 13.0. The van der Waals surface area contributed by atoms with E-state index in [9.17, 15) is 18.0 Å². The van der Waals surface area contributed by atoms with Gasteiger partial charge < -0.3 is 4.57 Å². The van der Waals surface area contributed by atoms with Crippen LogP contribution in [0.4, 0.5) is 13.2 Å². The number of carbonyl (C=O) groups is 1. The highest BCUT2D eigenvalue weighted by molar-refractivity contribution is 8.27. The number of halogens is 3. The zero-order valence-corrected chi connectivity index (χ0v) is 18.3. The number of benzene rings is 2. The quantitative estimate of drug-likeness (QED) is 0.511. The first-order valence-corrected chi connectivity index (χ1v) is 10.7. The van der Waals surface area contributed by atoms with E-state index in [0.717, 1.165) is 32.9 Å². The number of thioether (sulfide) groups is 1. The van der Waals surface area contributed by atoms with Crippen LogP contribution in [0.15, 0.2) is 64.2 Å². The van der Waals surface area contributed by atoms with Crippen molar-refractivity contribution in [3.05, 3.63) is 71.1 Å². The van der Waals surface area contributed by atoms with E-state index in [1.54, 1.807) is 0 Å². The molecule has 0 unspecified atom stereocenters. The summed E-state index contributed by atoms with van der Waals surface area (Å²) in [5.74, 6) is -1.21. The highest BCUT2D eigenvalue weighted by atomic mass is 32.2. The Morgan fingerprint density at radius 3 is 2.58 bits per heavy atom. The van der Waals surface area contributed by atoms with E-state index in [1.165, 1.54) is 6.08 Å². The predicted molar refractivity (Wildman–Crippen MR) is 124 cm³/mol. The third-order valence-corrected chi connectivity index (χ3v) is 6.43. The molecule has 0 atom stereocenters. The first kappa shape index (κ1) is 21.2. The normalized spacial score (nSPS) is 17.6. The van der Waals surface area contributed by atoms with Crippen molar-refractivity contribution in [2.75, 3.05) is 0 Å². The first-order chi connectivity index (χ1) is 15.6. The molecular formula is C23H16F3N5OS. The van der Waals surface area contributed by atoms with E-state index in [4.69, 9.17) is 5.41 Å². The van der Waals surface area contributed by atoms with Gasteiger partial charge in [0.1, 0.15) is 0 Å². The van der Waals surface area contributed by atoms with Crippen molar-refractivity contribution in [2.24, 2.45) is 10.1 Å².